The lowest BCUT2D eigenvalue weighted by Crippen LogP contribution is -2.19. The van der Waals surface area contributed by atoms with Gasteiger partial charge < -0.3 is 5.11 Å². The Labute approximate surface area is 80.2 Å². The minimum Gasteiger partial charge on any atom is -0.481 e. The standard InChI is InChI=1S/C10H10F2O2/c1-10(12,6-9(13)14)7-2-4-8(11)5-3-7/h2-5H,6H2,1H3,(H,13,14). The van der Waals surface area contributed by atoms with E-state index in [4.69, 9.17) is 5.11 Å². The van der Waals surface area contributed by atoms with Crippen molar-refractivity contribution in [3.63, 3.8) is 0 Å². The summed E-state index contributed by atoms with van der Waals surface area (Å²) in [6, 6.07) is 4.71. The van der Waals surface area contributed by atoms with Gasteiger partial charge >= 0.3 is 5.97 Å². The summed E-state index contributed by atoms with van der Waals surface area (Å²) < 4.78 is 26.2. The van der Waals surface area contributed by atoms with Gasteiger partial charge in [0.1, 0.15) is 11.5 Å². The van der Waals surface area contributed by atoms with Crippen LogP contribution in [0.15, 0.2) is 24.3 Å². The van der Waals surface area contributed by atoms with Crippen molar-refractivity contribution in [3.8, 4) is 0 Å². The summed E-state index contributed by atoms with van der Waals surface area (Å²) in [7, 11) is 0. The molecule has 0 saturated heterocycles. The zero-order valence-corrected chi connectivity index (χ0v) is 7.63. The molecule has 1 unspecified atom stereocenters. The number of benzene rings is 1. The van der Waals surface area contributed by atoms with E-state index in [2.05, 4.69) is 0 Å². The predicted octanol–water partition coefficient (Wildman–Crippen LogP) is 2.49. The summed E-state index contributed by atoms with van der Waals surface area (Å²) in [5, 5.41) is 8.45. The Bertz CT molecular complexity index is 330. The zero-order valence-electron chi connectivity index (χ0n) is 7.63. The van der Waals surface area contributed by atoms with E-state index in [9.17, 15) is 13.6 Å². The van der Waals surface area contributed by atoms with Gasteiger partial charge in [-0.2, -0.15) is 0 Å². The van der Waals surface area contributed by atoms with Crippen molar-refractivity contribution in [2.45, 2.75) is 19.0 Å². The van der Waals surface area contributed by atoms with Gasteiger partial charge in [0.2, 0.25) is 0 Å². The summed E-state index contributed by atoms with van der Waals surface area (Å²) in [5.41, 5.74) is -1.79. The minimum absolute atomic E-state index is 0.168. The first-order chi connectivity index (χ1) is 6.42. The maximum absolute atomic E-state index is 13.7. The van der Waals surface area contributed by atoms with E-state index in [1.807, 2.05) is 0 Å². The van der Waals surface area contributed by atoms with Gasteiger partial charge in [-0.1, -0.05) is 12.1 Å². The number of hydrogen-bond donors (Lipinski definition) is 1. The van der Waals surface area contributed by atoms with Crippen LogP contribution in [-0.2, 0) is 10.5 Å². The van der Waals surface area contributed by atoms with Gasteiger partial charge in [-0.15, -0.1) is 0 Å². The highest BCUT2D eigenvalue weighted by atomic mass is 19.1. The van der Waals surface area contributed by atoms with Crippen molar-refractivity contribution < 1.29 is 18.7 Å². The Balaban J connectivity index is 2.91. The van der Waals surface area contributed by atoms with E-state index in [-0.39, 0.29) is 5.56 Å². The molecule has 1 aromatic carbocycles. The molecule has 0 radical (unpaired) electrons. The van der Waals surface area contributed by atoms with Gasteiger partial charge in [0.15, 0.2) is 0 Å². The molecule has 14 heavy (non-hydrogen) atoms. The van der Waals surface area contributed by atoms with Crippen molar-refractivity contribution in [3.05, 3.63) is 35.6 Å². The molecule has 0 amide bonds. The monoisotopic (exact) mass is 200 g/mol. The highest BCUT2D eigenvalue weighted by molar-refractivity contribution is 5.68. The normalized spacial score (nSPS) is 14.8. The van der Waals surface area contributed by atoms with Gasteiger partial charge in [-0.25, -0.2) is 8.78 Å². The lowest BCUT2D eigenvalue weighted by atomic mass is 9.94. The van der Waals surface area contributed by atoms with Crippen LogP contribution in [0.1, 0.15) is 18.9 Å². The average Bonchev–Trinajstić information content (AvgIpc) is 2.02. The maximum atomic E-state index is 13.7. The number of carbonyl (C=O) groups is 1. The quantitative estimate of drug-likeness (QED) is 0.813. The van der Waals surface area contributed by atoms with E-state index in [0.717, 1.165) is 19.1 Å². The fraction of sp³-hybridized carbons (Fsp3) is 0.300. The molecule has 0 aromatic heterocycles. The number of carboxylic acids is 1. The molecule has 0 aliphatic heterocycles. The number of carboxylic acid groups (broad SMARTS) is 1. The molecule has 1 N–H and O–H groups in total. The first-order valence-electron chi connectivity index (χ1n) is 4.08. The van der Waals surface area contributed by atoms with Crippen LogP contribution in [0.25, 0.3) is 0 Å². The van der Waals surface area contributed by atoms with Crippen LogP contribution in [0.2, 0.25) is 0 Å². The van der Waals surface area contributed by atoms with E-state index in [1.54, 1.807) is 0 Å². The van der Waals surface area contributed by atoms with Crippen molar-refractivity contribution in [2.24, 2.45) is 0 Å². The van der Waals surface area contributed by atoms with Gasteiger partial charge in [0.25, 0.3) is 0 Å². The van der Waals surface area contributed by atoms with Crippen molar-refractivity contribution in [1.29, 1.82) is 0 Å². The summed E-state index contributed by atoms with van der Waals surface area (Å²) >= 11 is 0. The predicted molar refractivity (Wildman–Crippen MR) is 47.1 cm³/mol. The molecule has 2 nitrogen and oxygen atoms in total. The van der Waals surface area contributed by atoms with Crippen LogP contribution in [0, 0.1) is 5.82 Å². The first-order valence-corrected chi connectivity index (χ1v) is 4.08. The third kappa shape index (κ3) is 2.52. The van der Waals surface area contributed by atoms with E-state index in [1.165, 1.54) is 12.1 Å². The van der Waals surface area contributed by atoms with Gasteiger partial charge in [-0.3, -0.25) is 4.79 Å². The molecule has 76 valence electrons. The molecular weight excluding hydrogens is 190 g/mol. The van der Waals surface area contributed by atoms with E-state index in [0.29, 0.717) is 0 Å². The van der Waals surface area contributed by atoms with Crippen LogP contribution in [0.4, 0.5) is 8.78 Å². The Morgan fingerprint density at radius 3 is 2.36 bits per heavy atom. The molecule has 1 rings (SSSR count). The molecule has 0 heterocycles. The van der Waals surface area contributed by atoms with E-state index < -0.39 is 23.9 Å². The highest BCUT2D eigenvalue weighted by Crippen LogP contribution is 2.29. The number of aliphatic carboxylic acids is 1. The van der Waals surface area contributed by atoms with Gasteiger partial charge in [0, 0.05) is 0 Å². The third-order valence-electron chi connectivity index (χ3n) is 1.93. The Morgan fingerprint density at radius 1 is 1.43 bits per heavy atom. The summed E-state index contributed by atoms with van der Waals surface area (Å²) in [6.07, 6.45) is -0.626. The van der Waals surface area contributed by atoms with Crippen molar-refractivity contribution in [1.82, 2.24) is 0 Å². The SMILES string of the molecule is CC(F)(CC(=O)O)c1ccc(F)cc1. The Kier molecular flexibility index (Phi) is 2.84. The molecule has 1 atom stereocenters. The lowest BCUT2D eigenvalue weighted by Gasteiger charge is -2.18. The fourth-order valence-electron chi connectivity index (χ4n) is 1.18. The second kappa shape index (κ2) is 3.74. The second-order valence-corrected chi connectivity index (χ2v) is 3.27. The Hall–Kier alpha value is -1.45. The summed E-state index contributed by atoms with van der Waals surface area (Å²) in [6.45, 7) is 1.16. The van der Waals surface area contributed by atoms with E-state index >= 15 is 0 Å². The van der Waals surface area contributed by atoms with Crippen LogP contribution >= 0.6 is 0 Å². The second-order valence-electron chi connectivity index (χ2n) is 3.27. The first kappa shape index (κ1) is 10.6. The molecule has 0 bridgehead atoms. The topological polar surface area (TPSA) is 37.3 Å². The molecule has 0 saturated carbocycles. The number of alkyl halides is 1. The number of hydrogen-bond acceptors (Lipinski definition) is 1. The average molecular weight is 200 g/mol. The van der Waals surface area contributed by atoms with Crippen LogP contribution in [0.5, 0.6) is 0 Å². The molecule has 1 aromatic rings. The third-order valence-corrected chi connectivity index (χ3v) is 1.93. The van der Waals surface area contributed by atoms with Crippen molar-refractivity contribution in [2.75, 3.05) is 0 Å². The minimum atomic E-state index is -1.96. The molecular formula is C10H10F2O2. The van der Waals surface area contributed by atoms with Crippen LogP contribution < -0.4 is 0 Å². The molecule has 4 heteroatoms. The highest BCUT2D eigenvalue weighted by Gasteiger charge is 2.28. The molecule has 0 fully saturated rings. The molecule has 0 spiro atoms. The lowest BCUT2D eigenvalue weighted by molar-refractivity contribution is -0.140. The summed E-state index contributed by atoms with van der Waals surface area (Å²) in [4.78, 5) is 10.3. The van der Waals surface area contributed by atoms with Crippen LogP contribution in [0.3, 0.4) is 0 Å². The summed E-state index contributed by atoms with van der Waals surface area (Å²) in [5.74, 6) is -1.70. The van der Waals surface area contributed by atoms with Crippen molar-refractivity contribution >= 4 is 5.97 Å². The van der Waals surface area contributed by atoms with Gasteiger partial charge in [-0.05, 0) is 24.6 Å². The zero-order chi connectivity index (χ0) is 10.8. The Morgan fingerprint density at radius 2 is 1.93 bits per heavy atom. The molecule has 0 aliphatic rings. The molecule has 0 aliphatic carbocycles. The smallest absolute Gasteiger partial charge is 0.306 e. The largest absolute Gasteiger partial charge is 0.481 e. The van der Waals surface area contributed by atoms with Gasteiger partial charge in [0.05, 0.1) is 6.42 Å². The number of halogens is 2. The van der Waals surface area contributed by atoms with Crippen LogP contribution in [-0.4, -0.2) is 11.1 Å². The maximum Gasteiger partial charge on any atom is 0.306 e. The fourth-order valence-corrected chi connectivity index (χ4v) is 1.18. The number of rotatable bonds is 3.